The third-order valence-electron chi connectivity index (χ3n) is 6.66. The fourth-order valence-corrected chi connectivity index (χ4v) is 4.40. The van der Waals surface area contributed by atoms with E-state index in [4.69, 9.17) is 19.4 Å². The third kappa shape index (κ3) is 9.38. The number of nitrogens with zero attached hydrogens (tertiary/aromatic N) is 6. The van der Waals surface area contributed by atoms with Crippen LogP contribution in [0.2, 0.25) is 0 Å². The summed E-state index contributed by atoms with van der Waals surface area (Å²) < 4.78 is 13.1. The lowest BCUT2D eigenvalue weighted by Crippen LogP contribution is -2.33. The second-order valence-electron chi connectivity index (χ2n) is 11.4. The molecule has 2 N–H and O–H groups in total. The van der Waals surface area contributed by atoms with E-state index in [0.29, 0.717) is 57.9 Å². The number of carbonyl (C=O) groups excluding carboxylic acids is 2. The number of anilines is 1. The molecule has 4 rings (SSSR count). The molecule has 0 radical (unpaired) electrons. The second kappa shape index (κ2) is 15.1. The number of aromatic nitrogens is 5. The van der Waals surface area contributed by atoms with Gasteiger partial charge in [-0.05, 0) is 70.4 Å². The monoisotopic (exact) mass is 602 g/mol. The van der Waals surface area contributed by atoms with Crippen LogP contribution in [0.15, 0.2) is 55.0 Å². The number of pyridine rings is 1. The van der Waals surface area contributed by atoms with Crippen molar-refractivity contribution in [1.82, 2.24) is 35.4 Å². The summed E-state index contributed by atoms with van der Waals surface area (Å²) in [5, 5.41) is 11.0. The number of likely N-dealkylation sites (N-methyl/N-ethyl adjacent to an activating group) is 1. The molecule has 0 aliphatic rings. The van der Waals surface area contributed by atoms with Gasteiger partial charge in [-0.2, -0.15) is 5.10 Å². The summed E-state index contributed by atoms with van der Waals surface area (Å²) >= 11 is 0. The van der Waals surface area contributed by atoms with Gasteiger partial charge in [0.2, 0.25) is 5.91 Å². The van der Waals surface area contributed by atoms with Crippen LogP contribution < -0.4 is 20.3 Å². The maximum atomic E-state index is 12.2. The van der Waals surface area contributed by atoms with Crippen molar-refractivity contribution in [3.05, 3.63) is 60.6 Å². The standard InChI is InChI=1S/C32H42N8O4/c1-6-40-30-26(22-36-40)29(37-28(38-30)24-10-9-16-33-21-24)39(5)18-19-43-25-14-12-23(13-15-25)20-35-27(41)11-7-8-17-34-31(42)44-32(2,3)4/h9-10,12-16,21-22H,6-8,11,17-20H2,1-5H3,(H,34,42)(H,35,41). The van der Waals surface area contributed by atoms with Crippen LogP contribution in [0, 0.1) is 0 Å². The molecule has 0 fully saturated rings. The summed E-state index contributed by atoms with van der Waals surface area (Å²) in [5.41, 5.74) is 2.08. The highest BCUT2D eigenvalue weighted by Crippen LogP contribution is 2.27. The molecule has 2 amide bonds. The van der Waals surface area contributed by atoms with Crippen molar-refractivity contribution >= 4 is 28.9 Å². The van der Waals surface area contributed by atoms with E-state index in [2.05, 4.69) is 20.7 Å². The molecule has 12 heteroatoms. The van der Waals surface area contributed by atoms with Crippen molar-refractivity contribution in [2.45, 2.75) is 65.6 Å². The highest BCUT2D eigenvalue weighted by molar-refractivity contribution is 5.88. The van der Waals surface area contributed by atoms with Gasteiger partial charge in [-0.25, -0.2) is 19.4 Å². The van der Waals surface area contributed by atoms with Gasteiger partial charge in [0.05, 0.1) is 18.1 Å². The zero-order valence-electron chi connectivity index (χ0n) is 26.2. The van der Waals surface area contributed by atoms with E-state index >= 15 is 0 Å². The first-order valence-corrected chi connectivity index (χ1v) is 14.9. The minimum atomic E-state index is -0.525. The Morgan fingerprint density at radius 3 is 2.52 bits per heavy atom. The largest absolute Gasteiger partial charge is 0.492 e. The van der Waals surface area contributed by atoms with Gasteiger partial charge >= 0.3 is 6.09 Å². The van der Waals surface area contributed by atoms with Crippen LogP contribution in [0.25, 0.3) is 22.4 Å². The van der Waals surface area contributed by atoms with E-state index in [1.165, 1.54) is 0 Å². The lowest BCUT2D eigenvalue weighted by Gasteiger charge is -2.20. The Balaban J connectivity index is 1.21. The fraction of sp³-hybridized carbons (Fsp3) is 0.438. The van der Waals surface area contributed by atoms with Gasteiger partial charge in [0.15, 0.2) is 11.5 Å². The zero-order chi connectivity index (χ0) is 31.5. The lowest BCUT2D eigenvalue weighted by atomic mass is 10.2. The smallest absolute Gasteiger partial charge is 0.407 e. The number of hydrogen-bond donors (Lipinski definition) is 2. The van der Waals surface area contributed by atoms with Crippen molar-refractivity contribution in [3.8, 4) is 17.1 Å². The third-order valence-corrected chi connectivity index (χ3v) is 6.66. The Morgan fingerprint density at radius 2 is 1.82 bits per heavy atom. The first kappa shape index (κ1) is 32.2. The van der Waals surface area contributed by atoms with Crippen molar-refractivity contribution in [2.75, 3.05) is 31.6 Å². The molecule has 3 aromatic heterocycles. The molecule has 234 valence electrons. The average molecular weight is 603 g/mol. The summed E-state index contributed by atoms with van der Waals surface area (Å²) in [4.78, 5) is 39.8. The van der Waals surface area contributed by atoms with E-state index in [1.54, 1.807) is 18.6 Å². The lowest BCUT2D eigenvalue weighted by molar-refractivity contribution is -0.121. The van der Waals surface area contributed by atoms with Crippen molar-refractivity contribution in [1.29, 1.82) is 0 Å². The minimum absolute atomic E-state index is 0.0272. The topological polar surface area (TPSA) is 136 Å². The van der Waals surface area contributed by atoms with Gasteiger partial charge in [0, 0.05) is 51.1 Å². The van der Waals surface area contributed by atoms with Crippen LogP contribution in [-0.2, 0) is 22.6 Å². The summed E-state index contributed by atoms with van der Waals surface area (Å²) in [6, 6.07) is 11.5. The van der Waals surface area contributed by atoms with E-state index in [9.17, 15) is 9.59 Å². The fourth-order valence-electron chi connectivity index (χ4n) is 4.40. The number of amides is 2. The van der Waals surface area contributed by atoms with Crippen LogP contribution in [-0.4, -0.2) is 69.1 Å². The number of rotatable bonds is 14. The van der Waals surface area contributed by atoms with Crippen molar-refractivity contribution < 1.29 is 19.1 Å². The summed E-state index contributed by atoms with van der Waals surface area (Å²) in [5.74, 6) is 2.10. The molecule has 12 nitrogen and oxygen atoms in total. The normalized spacial score (nSPS) is 11.3. The van der Waals surface area contributed by atoms with Crippen molar-refractivity contribution in [2.24, 2.45) is 0 Å². The van der Waals surface area contributed by atoms with E-state index in [-0.39, 0.29) is 5.91 Å². The number of carbonyl (C=O) groups is 2. The quantitative estimate of drug-likeness (QED) is 0.196. The molecule has 4 aromatic rings. The highest BCUT2D eigenvalue weighted by atomic mass is 16.6. The molecule has 0 aliphatic heterocycles. The molecule has 0 spiro atoms. The highest BCUT2D eigenvalue weighted by Gasteiger charge is 2.17. The number of hydrogen-bond acceptors (Lipinski definition) is 9. The van der Waals surface area contributed by atoms with E-state index in [1.807, 2.05) is 80.7 Å². The number of unbranched alkanes of at least 4 members (excludes halogenated alkanes) is 1. The summed E-state index contributed by atoms with van der Waals surface area (Å²) in [6.07, 6.45) is 6.62. The van der Waals surface area contributed by atoms with E-state index < -0.39 is 11.7 Å². The van der Waals surface area contributed by atoms with Gasteiger partial charge in [0.1, 0.15) is 23.8 Å². The van der Waals surface area contributed by atoms with Gasteiger partial charge in [-0.15, -0.1) is 0 Å². The molecule has 0 saturated heterocycles. The van der Waals surface area contributed by atoms with Gasteiger partial charge in [0.25, 0.3) is 0 Å². The van der Waals surface area contributed by atoms with Crippen LogP contribution in [0.1, 0.15) is 52.5 Å². The number of benzene rings is 1. The number of ether oxygens (including phenoxy) is 2. The predicted octanol–water partition coefficient (Wildman–Crippen LogP) is 4.73. The predicted molar refractivity (Wildman–Crippen MR) is 169 cm³/mol. The van der Waals surface area contributed by atoms with Crippen LogP contribution in [0.4, 0.5) is 10.6 Å². The van der Waals surface area contributed by atoms with Gasteiger partial charge < -0.3 is 25.0 Å². The molecule has 1 aromatic carbocycles. The molecule has 0 saturated carbocycles. The van der Waals surface area contributed by atoms with E-state index in [0.717, 1.165) is 33.7 Å². The van der Waals surface area contributed by atoms with Crippen LogP contribution in [0.3, 0.4) is 0 Å². The molecular formula is C32H42N8O4. The summed E-state index contributed by atoms with van der Waals surface area (Å²) in [7, 11) is 1.98. The first-order valence-electron chi connectivity index (χ1n) is 14.9. The molecule has 0 aliphatic carbocycles. The molecule has 0 bridgehead atoms. The Morgan fingerprint density at radius 1 is 1.02 bits per heavy atom. The molecule has 0 unspecified atom stereocenters. The maximum absolute atomic E-state index is 12.2. The minimum Gasteiger partial charge on any atom is -0.492 e. The molecule has 0 atom stereocenters. The summed E-state index contributed by atoms with van der Waals surface area (Å²) in [6.45, 7) is 10.1. The SMILES string of the molecule is CCn1ncc2c(N(C)CCOc3ccc(CNC(=O)CCCCNC(=O)OC(C)(C)C)cc3)nc(-c3cccnc3)nc21. The van der Waals surface area contributed by atoms with Crippen LogP contribution >= 0.6 is 0 Å². The first-order chi connectivity index (χ1) is 21.1. The zero-order valence-corrected chi connectivity index (χ0v) is 26.2. The number of alkyl carbamates (subject to hydrolysis) is 1. The number of fused-ring (bicyclic) bond motifs is 1. The maximum Gasteiger partial charge on any atom is 0.407 e. The van der Waals surface area contributed by atoms with Gasteiger partial charge in [-0.1, -0.05) is 12.1 Å². The molecule has 44 heavy (non-hydrogen) atoms. The van der Waals surface area contributed by atoms with Gasteiger partial charge in [-0.3, -0.25) is 9.78 Å². The average Bonchev–Trinajstić information content (AvgIpc) is 3.42. The number of aryl methyl sites for hydroxylation is 1. The van der Waals surface area contributed by atoms with Crippen molar-refractivity contribution in [3.63, 3.8) is 0 Å². The Kier molecular flexibility index (Phi) is 11.1. The second-order valence-corrected chi connectivity index (χ2v) is 11.4. The number of nitrogens with one attached hydrogen (secondary N) is 2. The molecular weight excluding hydrogens is 560 g/mol. The Hall–Kier alpha value is -4.74. The van der Waals surface area contributed by atoms with Crippen LogP contribution in [0.5, 0.6) is 5.75 Å². The molecule has 3 heterocycles. The Bertz CT molecular complexity index is 1520. The Labute approximate surface area is 258 Å².